The van der Waals surface area contributed by atoms with Crippen LogP contribution in [0, 0.1) is 0 Å². The van der Waals surface area contributed by atoms with Gasteiger partial charge in [0.05, 0.1) is 0 Å². The first-order valence-corrected chi connectivity index (χ1v) is 17.8. The predicted molar refractivity (Wildman–Crippen MR) is 165 cm³/mol. The van der Waals surface area contributed by atoms with E-state index in [4.69, 9.17) is 11.1 Å². The molecule has 0 heterocycles. The van der Waals surface area contributed by atoms with Crippen molar-refractivity contribution in [3.8, 4) is 0 Å². The minimum absolute atomic E-state index is 0.441. The Labute approximate surface area is 223 Å². The summed E-state index contributed by atoms with van der Waals surface area (Å²) in [5.74, 6) is 0. The molecule has 0 spiro atoms. The van der Waals surface area contributed by atoms with Gasteiger partial charge < -0.3 is 11.1 Å². The largest absolute Gasteiger partial charge is 0.356 e. The molecule has 178 valence electrons. The van der Waals surface area contributed by atoms with E-state index < -0.39 is 23.9 Å². The van der Waals surface area contributed by atoms with Crippen molar-refractivity contribution in [1.82, 2.24) is 0 Å². The van der Waals surface area contributed by atoms with E-state index in [9.17, 15) is 0 Å². The zero-order chi connectivity index (χ0) is 24.6. The molecule has 0 aliphatic carbocycles. The van der Waals surface area contributed by atoms with Gasteiger partial charge in [0.25, 0.3) is 0 Å². The molecule has 5 aromatic carbocycles. The highest BCUT2D eigenvalue weighted by atomic mass is 35.6. The Morgan fingerprint density at radius 3 is 1.36 bits per heavy atom. The maximum Gasteiger partial charge on any atom is -0.0195 e. The Morgan fingerprint density at radius 1 is 0.444 bits per heavy atom. The normalized spacial score (nSPS) is 11.8. The molecule has 36 heavy (non-hydrogen) atoms. The number of hydrogen-bond acceptors (Lipinski definition) is 0. The molecule has 5 aromatic rings. The van der Waals surface area contributed by atoms with Gasteiger partial charge >= 0.3 is 0 Å². The van der Waals surface area contributed by atoms with Gasteiger partial charge in [-0.15, -0.1) is 0 Å². The van der Waals surface area contributed by atoms with Gasteiger partial charge in [-0.3, -0.25) is 0 Å². The Hall–Kier alpha value is -2.53. The highest BCUT2D eigenvalue weighted by Gasteiger charge is 2.20. The summed E-state index contributed by atoms with van der Waals surface area (Å²) in [6.07, 6.45) is 2.28. The summed E-state index contributed by atoms with van der Waals surface area (Å²) in [5.41, 5.74) is 0. The summed E-state index contributed by atoms with van der Waals surface area (Å²) in [6, 6.07) is 52.7. The van der Waals surface area contributed by atoms with Crippen LogP contribution in [-0.2, 0) is 0 Å². The van der Waals surface area contributed by atoms with Crippen molar-refractivity contribution >= 4 is 66.6 Å². The molecule has 0 radical (unpaired) electrons. The summed E-state index contributed by atoms with van der Waals surface area (Å²) in [5, 5.41) is 8.32. The van der Waals surface area contributed by atoms with E-state index in [1.165, 1.54) is 31.6 Å². The maximum absolute atomic E-state index is 7.24. The number of rotatable bonds is 9. The van der Waals surface area contributed by atoms with Crippen LogP contribution in [0.2, 0.25) is 0 Å². The zero-order valence-electron chi connectivity index (χ0n) is 20.0. The van der Waals surface area contributed by atoms with Crippen LogP contribution < -0.4 is 31.6 Å². The van der Waals surface area contributed by atoms with Crippen LogP contribution >= 0.6 is 26.9 Å². The van der Waals surface area contributed by atoms with Crippen molar-refractivity contribution in [2.45, 2.75) is 0 Å². The quantitative estimate of drug-likeness (QED) is 0.130. The molecular formula is C32H28ClP2Si-. The lowest BCUT2D eigenvalue weighted by atomic mass is 10.4. The zero-order valence-corrected chi connectivity index (χ0v) is 23.6. The molecule has 0 nitrogen and oxygen atoms in total. The average Bonchev–Trinajstić information content (AvgIpc) is 2.97. The van der Waals surface area contributed by atoms with E-state index in [2.05, 4.69) is 146 Å². The molecule has 1 atom stereocenters. The van der Waals surface area contributed by atoms with Crippen molar-refractivity contribution in [1.29, 1.82) is 0 Å². The maximum atomic E-state index is 7.24. The Morgan fingerprint density at radius 2 is 0.833 bits per heavy atom. The summed E-state index contributed by atoms with van der Waals surface area (Å²) < 4.78 is 0. The fourth-order valence-electron chi connectivity index (χ4n) is 4.45. The lowest BCUT2D eigenvalue weighted by molar-refractivity contribution is 1.51. The smallest absolute Gasteiger partial charge is 0.0195 e. The van der Waals surface area contributed by atoms with E-state index in [-0.39, 0.29) is 0 Å². The number of benzene rings is 5. The van der Waals surface area contributed by atoms with Crippen LogP contribution in [0.15, 0.2) is 146 Å². The van der Waals surface area contributed by atoms with Gasteiger partial charge in [-0.05, 0) is 49.4 Å². The minimum atomic E-state index is -1.37. The Kier molecular flexibility index (Phi) is 8.81. The molecule has 0 aliphatic rings. The van der Waals surface area contributed by atoms with Gasteiger partial charge in [-0.1, -0.05) is 146 Å². The van der Waals surface area contributed by atoms with E-state index in [0.29, 0.717) is 0 Å². The highest BCUT2D eigenvalue weighted by Crippen LogP contribution is 2.41. The summed E-state index contributed by atoms with van der Waals surface area (Å²) in [7, 11) is -2.37. The van der Waals surface area contributed by atoms with Crippen LogP contribution in [0.25, 0.3) is 0 Å². The SMILES string of the molecule is Cl[Si-](c1ccccc1)c1ccccc1P(CCP(c1ccccc1)c1ccccc1)c1ccccc1. The van der Waals surface area contributed by atoms with Gasteiger partial charge in [0.1, 0.15) is 0 Å². The Balaban J connectivity index is 1.52. The van der Waals surface area contributed by atoms with Gasteiger partial charge in [-0.25, -0.2) is 0 Å². The van der Waals surface area contributed by atoms with E-state index >= 15 is 0 Å². The molecule has 0 saturated carbocycles. The van der Waals surface area contributed by atoms with Crippen molar-refractivity contribution < 1.29 is 0 Å². The molecule has 0 N–H and O–H groups in total. The third-order valence-electron chi connectivity index (χ3n) is 6.21. The summed E-state index contributed by atoms with van der Waals surface area (Å²) in [6.45, 7) is 0. The van der Waals surface area contributed by atoms with Crippen molar-refractivity contribution in [3.05, 3.63) is 146 Å². The van der Waals surface area contributed by atoms with Crippen molar-refractivity contribution in [2.75, 3.05) is 12.3 Å². The van der Waals surface area contributed by atoms with Gasteiger partial charge in [0.15, 0.2) is 0 Å². The van der Waals surface area contributed by atoms with Gasteiger partial charge in [0.2, 0.25) is 0 Å². The van der Waals surface area contributed by atoms with Gasteiger partial charge in [-0.2, -0.15) is 18.5 Å². The number of halogens is 1. The fourth-order valence-corrected chi connectivity index (χ4v) is 13.0. The second-order valence-electron chi connectivity index (χ2n) is 8.51. The Bertz CT molecular complexity index is 1310. The molecule has 0 aliphatic heterocycles. The molecule has 4 heteroatoms. The van der Waals surface area contributed by atoms with Crippen LogP contribution in [0.4, 0.5) is 0 Å². The predicted octanol–water partition coefficient (Wildman–Crippen LogP) is 5.60. The topological polar surface area (TPSA) is 0 Å². The summed E-state index contributed by atoms with van der Waals surface area (Å²) >= 11 is 7.24. The highest BCUT2D eigenvalue weighted by molar-refractivity contribution is 7.77. The molecule has 1 unspecified atom stereocenters. The van der Waals surface area contributed by atoms with Crippen molar-refractivity contribution in [3.63, 3.8) is 0 Å². The van der Waals surface area contributed by atoms with Crippen LogP contribution in [0.3, 0.4) is 0 Å². The van der Waals surface area contributed by atoms with Crippen LogP contribution in [-0.4, -0.2) is 20.4 Å². The lowest BCUT2D eigenvalue weighted by Crippen LogP contribution is -2.45. The number of hydrogen-bond donors (Lipinski definition) is 0. The summed E-state index contributed by atoms with van der Waals surface area (Å²) in [4.78, 5) is 0. The third-order valence-corrected chi connectivity index (χ3v) is 14.9. The first kappa shape index (κ1) is 25.1. The van der Waals surface area contributed by atoms with E-state index in [1.807, 2.05) is 0 Å². The average molecular weight is 538 g/mol. The third kappa shape index (κ3) is 6.05. The molecule has 0 aromatic heterocycles. The lowest BCUT2D eigenvalue weighted by Gasteiger charge is -2.32. The monoisotopic (exact) mass is 537 g/mol. The molecule has 0 bridgehead atoms. The van der Waals surface area contributed by atoms with Crippen molar-refractivity contribution in [2.24, 2.45) is 0 Å². The molecule has 0 amide bonds. The fraction of sp³-hybridized carbons (Fsp3) is 0.0625. The molecule has 0 fully saturated rings. The van der Waals surface area contributed by atoms with E-state index in [0.717, 1.165) is 12.3 Å². The molecule has 0 saturated heterocycles. The van der Waals surface area contributed by atoms with Gasteiger partial charge in [0, 0.05) is 0 Å². The minimum Gasteiger partial charge on any atom is -0.356 e. The van der Waals surface area contributed by atoms with Crippen LogP contribution in [0.5, 0.6) is 0 Å². The van der Waals surface area contributed by atoms with E-state index in [1.54, 1.807) is 0 Å². The standard InChI is InChI=1S/C32H28ClP2Si/c33-36(30-21-11-4-12-22-30)32-24-14-13-23-31(32)35(29-19-9-3-10-20-29)26-25-34(27-15-5-1-6-16-27)28-17-7-2-8-18-28/h1-24H,25-26H2/q-1. The first-order chi connectivity index (χ1) is 17.8. The first-order valence-electron chi connectivity index (χ1n) is 12.2. The second-order valence-corrected chi connectivity index (χ2v) is 16.0. The molecular weight excluding hydrogens is 510 g/mol. The molecule has 5 rings (SSSR count). The van der Waals surface area contributed by atoms with Crippen LogP contribution in [0.1, 0.15) is 0 Å². The second kappa shape index (κ2) is 12.6.